The van der Waals surface area contributed by atoms with Crippen molar-refractivity contribution in [1.29, 1.82) is 0 Å². The number of carbonyl (C=O) groups is 1. The fourth-order valence-electron chi connectivity index (χ4n) is 3.25. The van der Waals surface area contributed by atoms with E-state index in [1.807, 2.05) is 19.1 Å². The van der Waals surface area contributed by atoms with Gasteiger partial charge >= 0.3 is 5.97 Å². The summed E-state index contributed by atoms with van der Waals surface area (Å²) in [6.45, 7) is 2.66. The maximum atomic E-state index is 12.3. The molecule has 1 aliphatic heterocycles. The number of hydrogen-bond donors (Lipinski definition) is 2. The first kappa shape index (κ1) is 17.2. The number of aromatic nitrogens is 2. The highest BCUT2D eigenvalue weighted by molar-refractivity contribution is 5.66. The van der Waals surface area contributed by atoms with E-state index in [1.165, 1.54) is 18.0 Å². The average Bonchev–Trinajstić information content (AvgIpc) is 2.62. The van der Waals surface area contributed by atoms with Crippen molar-refractivity contribution in [3.63, 3.8) is 0 Å². The highest BCUT2D eigenvalue weighted by atomic mass is 16.5. The maximum absolute atomic E-state index is 12.3. The minimum atomic E-state index is -1.08. The predicted octanol–water partition coefficient (Wildman–Crippen LogP) is 1.62. The predicted molar refractivity (Wildman–Crippen MR) is 92.7 cm³/mol. The summed E-state index contributed by atoms with van der Waals surface area (Å²) in [4.78, 5) is 27.3. The number of carboxylic acids is 1. The van der Waals surface area contributed by atoms with Gasteiger partial charge in [0.2, 0.25) is 0 Å². The number of hydrogen-bond acceptors (Lipinski definition) is 5. The van der Waals surface area contributed by atoms with Gasteiger partial charge in [-0.2, -0.15) is 0 Å². The van der Waals surface area contributed by atoms with Crippen molar-refractivity contribution in [2.75, 3.05) is 18.5 Å². The third-order valence-corrected chi connectivity index (χ3v) is 4.59. The van der Waals surface area contributed by atoms with Crippen LogP contribution in [0.15, 0.2) is 41.5 Å². The lowest BCUT2D eigenvalue weighted by Crippen LogP contribution is -2.42. The molecule has 1 aromatic carbocycles. The number of anilines is 1. The van der Waals surface area contributed by atoms with Gasteiger partial charge in [-0.3, -0.25) is 14.2 Å². The molecule has 132 valence electrons. The second-order valence-corrected chi connectivity index (χ2v) is 6.06. The molecular weight excluding hydrogens is 322 g/mol. The number of ether oxygens (including phenoxy) is 1. The summed E-state index contributed by atoms with van der Waals surface area (Å²) in [6, 6.07) is 8.16. The monoisotopic (exact) mass is 343 g/mol. The summed E-state index contributed by atoms with van der Waals surface area (Å²) in [5, 5.41) is 12.0. The van der Waals surface area contributed by atoms with Crippen LogP contribution < -0.4 is 10.9 Å². The molecule has 0 aliphatic carbocycles. The SMILES string of the molecule is CCC1(CNc2nccn(CC(=O)O)c2=O)OCCc2ccccc21. The van der Waals surface area contributed by atoms with Crippen LogP contribution in [-0.2, 0) is 28.1 Å². The molecule has 2 N–H and O–H groups in total. The Morgan fingerprint density at radius 3 is 3.00 bits per heavy atom. The van der Waals surface area contributed by atoms with Crippen LogP contribution in [0.4, 0.5) is 5.82 Å². The number of fused-ring (bicyclic) bond motifs is 1. The summed E-state index contributed by atoms with van der Waals surface area (Å²) < 4.78 is 7.22. The summed E-state index contributed by atoms with van der Waals surface area (Å²) in [5.74, 6) is -0.947. The number of rotatable bonds is 6. The van der Waals surface area contributed by atoms with E-state index in [4.69, 9.17) is 9.84 Å². The molecule has 7 nitrogen and oxygen atoms in total. The molecule has 2 aromatic rings. The zero-order chi connectivity index (χ0) is 17.9. The van der Waals surface area contributed by atoms with Crippen LogP contribution in [0.1, 0.15) is 24.5 Å². The lowest BCUT2D eigenvalue weighted by atomic mass is 9.84. The average molecular weight is 343 g/mol. The van der Waals surface area contributed by atoms with Gasteiger partial charge in [0.1, 0.15) is 12.1 Å². The van der Waals surface area contributed by atoms with Crippen LogP contribution >= 0.6 is 0 Å². The van der Waals surface area contributed by atoms with Gasteiger partial charge in [-0.05, 0) is 24.0 Å². The minimum Gasteiger partial charge on any atom is -0.480 e. The molecule has 25 heavy (non-hydrogen) atoms. The first-order valence-corrected chi connectivity index (χ1v) is 8.29. The first-order chi connectivity index (χ1) is 12.1. The quantitative estimate of drug-likeness (QED) is 0.828. The number of benzene rings is 1. The first-order valence-electron chi connectivity index (χ1n) is 8.29. The summed E-state index contributed by atoms with van der Waals surface area (Å²) in [6.07, 6.45) is 4.39. The lowest BCUT2D eigenvalue weighted by molar-refractivity contribution is -0.137. The lowest BCUT2D eigenvalue weighted by Gasteiger charge is -2.38. The molecule has 0 spiro atoms. The van der Waals surface area contributed by atoms with E-state index in [2.05, 4.69) is 22.4 Å². The Bertz CT molecular complexity index is 833. The van der Waals surface area contributed by atoms with Crippen LogP contribution in [0.3, 0.4) is 0 Å². The zero-order valence-corrected chi connectivity index (χ0v) is 14.1. The molecule has 1 aromatic heterocycles. The summed E-state index contributed by atoms with van der Waals surface area (Å²) in [5.41, 5.74) is 1.39. The standard InChI is InChI=1S/C18H21N3O4/c1-2-18(14-6-4-3-5-13(14)7-10-25-18)12-20-16-17(24)21(9-8-19-16)11-15(22)23/h3-6,8-9H,2,7,10-12H2,1H3,(H,19,20)(H,22,23). The van der Waals surface area contributed by atoms with Gasteiger partial charge in [-0.25, -0.2) is 4.98 Å². The van der Waals surface area contributed by atoms with Gasteiger partial charge in [-0.1, -0.05) is 31.2 Å². The van der Waals surface area contributed by atoms with Crippen molar-refractivity contribution < 1.29 is 14.6 Å². The molecule has 1 atom stereocenters. The van der Waals surface area contributed by atoms with Gasteiger partial charge < -0.3 is 15.2 Å². The molecule has 7 heteroatoms. The molecule has 0 radical (unpaired) electrons. The fraction of sp³-hybridized carbons (Fsp3) is 0.389. The Balaban J connectivity index is 1.86. The minimum absolute atomic E-state index is 0.128. The fourth-order valence-corrected chi connectivity index (χ4v) is 3.25. The number of carboxylic acid groups (broad SMARTS) is 1. The number of aliphatic carboxylic acids is 1. The second-order valence-electron chi connectivity index (χ2n) is 6.06. The van der Waals surface area contributed by atoms with Gasteiger partial charge in [0.25, 0.3) is 5.56 Å². The van der Waals surface area contributed by atoms with Crippen LogP contribution in [0, 0.1) is 0 Å². The van der Waals surface area contributed by atoms with E-state index in [9.17, 15) is 9.59 Å². The van der Waals surface area contributed by atoms with E-state index in [0.29, 0.717) is 13.2 Å². The van der Waals surface area contributed by atoms with E-state index >= 15 is 0 Å². The van der Waals surface area contributed by atoms with Gasteiger partial charge in [-0.15, -0.1) is 0 Å². The third kappa shape index (κ3) is 3.41. The van der Waals surface area contributed by atoms with Crippen LogP contribution in [-0.4, -0.2) is 33.8 Å². The van der Waals surface area contributed by atoms with Crippen molar-refractivity contribution in [3.05, 3.63) is 58.1 Å². The molecule has 0 fully saturated rings. The van der Waals surface area contributed by atoms with Gasteiger partial charge in [0.15, 0.2) is 5.82 Å². The van der Waals surface area contributed by atoms with Crippen LogP contribution in [0.25, 0.3) is 0 Å². The molecule has 1 aliphatic rings. The normalized spacial score (nSPS) is 19.2. The Labute approximate surface area is 145 Å². The van der Waals surface area contributed by atoms with Crippen LogP contribution in [0.5, 0.6) is 0 Å². The van der Waals surface area contributed by atoms with Crippen molar-refractivity contribution in [2.45, 2.75) is 31.9 Å². The molecule has 0 saturated heterocycles. The smallest absolute Gasteiger partial charge is 0.323 e. The summed E-state index contributed by atoms with van der Waals surface area (Å²) >= 11 is 0. The largest absolute Gasteiger partial charge is 0.480 e. The third-order valence-electron chi connectivity index (χ3n) is 4.59. The summed E-state index contributed by atoms with van der Waals surface area (Å²) in [7, 11) is 0. The molecular formula is C18H21N3O4. The van der Waals surface area contributed by atoms with E-state index in [1.54, 1.807) is 0 Å². The Morgan fingerprint density at radius 2 is 2.24 bits per heavy atom. The molecule has 1 unspecified atom stereocenters. The second kappa shape index (κ2) is 7.06. The highest BCUT2D eigenvalue weighted by Crippen LogP contribution is 2.35. The van der Waals surface area contributed by atoms with Crippen molar-refractivity contribution in [2.24, 2.45) is 0 Å². The Kier molecular flexibility index (Phi) is 4.85. The molecule has 0 bridgehead atoms. The molecule has 2 heterocycles. The van der Waals surface area contributed by atoms with Crippen molar-refractivity contribution in [1.82, 2.24) is 9.55 Å². The van der Waals surface area contributed by atoms with Gasteiger partial charge in [0.05, 0.1) is 6.61 Å². The zero-order valence-electron chi connectivity index (χ0n) is 14.1. The molecule has 0 amide bonds. The Hall–Kier alpha value is -2.67. The van der Waals surface area contributed by atoms with E-state index in [-0.39, 0.29) is 5.82 Å². The van der Waals surface area contributed by atoms with Gasteiger partial charge in [0, 0.05) is 18.9 Å². The topological polar surface area (TPSA) is 93.5 Å². The van der Waals surface area contributed by atoms with Crippen molar-refractivity contribution in [3.8, 4) is 0 Å². The molecule has 3 rings (SSSR count). The molecule has 0 saturated carbocycles. The van der Waals surface area contributed by atoms with Crippen LogP contribution in [0.2, 0.25) is 0 Å². The highest BCUT2D eigenvalue weighted by Gasteiger charge is 2.36. The van der Waals surface area contributed by atoms with E-state index < -0.39 is 23.7 Å². The maximum Gasteiger partial charge on any atom is 0.323 e. The number of nitrogens with zero attached hydrogens (tertiary/aromatic N) is 2. The van der Waals surface area contributed by atoms with E-state index in [0.717, 1.165) is 23.0 Å². The number of nitrogens with one attached hydrogen (secondary N) is 1. The Morgan fingerprint density at radius 1 is 1.44 bits per heavy atom. The van der Waals surface area contributed by atoms with Crippen molar-refractivity contribution >= 4 is 11.8 Å².